The van der Waals surface area contributed by atoms with Gasteiger partial charge in [0, 0.05) is 45.6 Å². The van der Waals surface area contributed by atoms with Crippen LogP contribution in [0.2, 0.25) is 0 Å². The Morgan fingerprint density at radius 3 is 2.28 bits per heavy atom. The summed E-state index contributed by atoms with van der Waals surface area (Å²) >= 11 is 0. The molecule has 0 aliphatic carbocycles. The highest BCUT2D eigenvalue weighted by atomic mass is 16.5. The average molecular weight is 496 g/mol. The van der Waals surface area contributed by atoms with Gasteiger partial charge in [0.2, 0.25) is 17.7 Å². The predicted octanol–water partition coefficient (Wildman–Crippen LogP) is 2.71. The number of carbonyl (C=O) groups excluding carboxylic acids is 4. The van der Waals surface area contributed by atoms with E-state index in [-0.39, 0.29) is 42.2 Å². The van der Waals surface area contributed by atoms with E-state index in [0.29, 0.717) is 56.4 Å². The van der Waals surface area contributed by atoms with Crippen molar-refractivity contribution in [1.29, 1.82) is 0 Å². The first-order valence-corrected chi connectivity index (χ1v) is 12.3. The molecule has 2 aliphatic heterocycles. The molecule has 192 valence electrons. The van der Waals surface area contributed by atoms with Crippen molar-refractivity contribution in [2.24, 2.45) is 5.92 Å². The van der Waals surface area contributed by atoms with Crippen LogP contribution >= 0.6 is 0 Å². The molecule has 0 N–H and O–H groups in total. The zero-order valence-corrected chi connectivity index (χ0v) is 21.1. The maximum Gasteiger partial charge on any atom is 0.289 e. The third kappa shape index (κ3) is 5.01. The summed E-state index contributed by atoms with van der Waals surface area (Å²) in [4.78, 5) is 57.4. The van der Waals surface area contributed by atoms with Crippen LogP contribution in [0.5, 0.6) is 5.75 Å². The van der Waals surface area contributed by atoms with Crippen LogP contribution < -0.4 is 4.74 Å². The molecular weight excluding hydrogens is 462 g/mol. The van der Waals surface area contributed by atoms with Gasteiger partial charge in [0.15, 0.2) is 5.76 Å². The summed E-state index contributed by atoms with van der Waals surface area (Å²) in [5.74, 6) is 0.248. The van der Waals surface area contributed by atoms with Gasteiger partial charge in [-0.2, -0.15) is 0 Å². The molecule has 1 atom stereocenters. The topological polar surface area (TPSA) is 100 Å². The molecule has 2 fully saturated rings. The highest BCUT2D eigenvalue weighted by Gasteiger charge is 2.54. The summed E-state index contributed by atoms with van der Waals surface area (Å²) in [7, 11) is 1.56. The van der Waals surface area contributed by atoms with Crippen molar-refractivity contribution in [3.05, 3.63) is 54.0 Å². The number of methoxy groups -OCH3 is 1. The minimum Gasteiger partial charge on any atom is -0.497 e. The predicted molar refractivity (Wildman–Crippen MR) is 131 cm³/mol. The lowest BCUT2D eigenvalue weighted by molar-refractivity contribution is -0.143. The highest BCUT2D eigenvalue weighted by Crippen LogP contribution is 2.41. The molecule has 9 heteroatoms. The number of hydrogen-bond acceptors (Lipinski definition) is 6. The first-order chi connectivity index (χ1) is 17.2. The third-order valence-corrected chi connectivity index (χ3v) is 7.09. The lowest BCUT2D eigenvalue weighted by Gasteiger charge is -2.36. The van der Waals surface area contributed by atoms with Gasteiger partial charge in [-0.05, 0) is 42.2 Å². The van der Waals surface area contributed by atoms with Crippen LogP contribution in [0.25, 0.3) is 0 Å². The monoisotopic (exact) mass is 495 g/mol. The van der Waals surface area contributed by atoms with Crippen molar-refractivity contribution >= 4 is 23.6 Å². The first-order valence-electron chi connectivity index (χ1n) is 12.3. The highest BCUT2D eigenvalue weighted by molar-refractivity contribution is 6.10. The van der Waals surface area contributed by atoms with E-state index in [1.54, 1.807) is 53.3 Å². The molecule has 1 aromatic carbocycles. The fourth-order valence-electron chi connectivity index (χ4n) is 4.88. The van der Waals surface area contributed by atoms with Crippen molar-refractivity contribution in [3.8, 4) is 5.75 Å². The molecule has 2 aromatic rings. The Bertz CT molecular complexity index is 1100. The molecule has 2 aliphatic rings. The van der Waals surface area contributed by atoms with E-state index in [4.69, 9.17) is 9.15 Å². The van der Waals surface area contributed by atoms with E-state index in [0.717, 1.165) is 0 Å². The summed E-state index contributed by atoms with van der Waals surface area (Å²) in [5.41, 5.74) is -0.618. The van der Waals surface area contributed by atoms with Crippen molar-refractivity contribution in [2.75, 3.05) is 39.8 Å². The minimum absolute atomic E-state index is 0.0427. The number of amides is 4. The van der Waals surface area contributed by atoms with Crippen LogP contribution in [0, 0.1) is 5.92 Å². The van der Waals surface area contributed by atoms with Gasteiger partial charge >= 0.3 is 0 Å². The van der Waals surface area contributed by atoms with Gasteiger partial charge in [-0.1, -0.05) is 26.0 Å². The molecule has 0 radical (unpaired) electrons. The third-order valence-electron chi connectivity index (χ3n) is 7.09. The molecular formula is C27H33N3O6. The van der Waals surface area contributed by atoms with Crippen molar-refractivity contribution < 1.29 is 28.3 Å². The van der Waals surface area contributed by atoms with Crippen molar-refractivity contribution in [1.82, 2.24) is 14.7 Å². The molecule has 9 nitrogen and oxygen atoms in total. The fourth-order valence-corrected chi connectivity index (χ4v) is 4.88. The Kier molecular flexibility index (Phi) is 7.47. The van der Waals surface area contributed by atoms with Gasteiger partial charge in [-0.15, -0.1) is 0 Å². The number of furan rings is 1. The Balaban J connectivity index is 1.52. The molecule has 2 saturated heterocycles. The second-order valence-corrected chi connectivity index (χ2v) is 9.85. The molecule has 0 spiro atoms. The second kappa shape index (κ2) is 10.6. The van der Waals surface area contributed by atoms with Gasteiger partial charge in [-0.3, -0.25) is 24.1 Å². The number of ether oxygens (including phenoxy) is 1. The van der Waals surface area contributed by atoms with Crippen LogP contribution in [0.1, 0.15) is 49.2 Å². The van der Waals surface area contributed by atoms with Crippen molar-refractivity contribution in [2.45, 2.75) is 38.5 Å². The zero-order valence-electron chi connectivity index (χ0n) is 21.1. The minimum atomic E-state index is -1.25. The van der Waals surface area contributed by atoms with Gasteiger partial charge in [0.05, 0.1) is 18.8 Å². The lowest BCUT2D eigenvalue weighted by atomic mass is 9.75. The molecule has 3 heterocycles. The maximum absolute atomic E-state index is 13.7. The Hall–Kier alpha value is -3.62. The van der Waals surface area contributed by atoms with Gasteiger partial charge in [0.1, 0.15) is 5.75 Å². The zero-order chi connectivity index (χ0) is 25.9. The Morgan fingerprint density at radius 1 is 1.03 bits per heavy atom. The lowest BCUT2D eigenvalue weighted by Crippen LogP contribution is -2.52. The quantitative estimate of drug-likeness (QED) is 0.522. The number of carbonyl (C=O) groups is 4. The van der Waals surface area contributed by atoms with Crippen LogP contribution in [0.3, 0.4) is 0 Å². The van der Waals surface area contributed by atoms with E-state index >= 15 is 0 Å². The Morgan fingerprint density at radius 2 is 1.69 bits per heavy atom. The van der Waals surface area contributed by atoms with Crippen LogP contribution in [-0.2, 0) is 19.8 Å². The normalized spacial score (nSPS) is 20.4. The molecule has 1 aromatic heterocycles. The number of benzene rings is 1. The van der Waals surface area contributed by atoms with Gasteiger partial charge in [0.25, 0.3) is 5.91 Å². The molecule has 4 amide bonds. The van der Waals surface area contributed by atoms with Crippen LogP contribution in [0.4, 0.5) is 0 Å². The summed E-state index contributed by atoms with van der Waals surface area (Å²) in [6, 6.07) is 10.3. The number of rotatable bonds is 8. The molecule has 4 rings (SSSR count). The van der Waals surface area contributed by atoms with Gasteiger partial charge in [-0.25, -0.2) is 0 Å². The standard InChI is InChI=1S/C27H33N3O6/c1-19(2)10-11-30-24(32)18-27(26(30)34,20-6-8-21(35-3)9-7-20)17-23(31)28-12-14-29(15-13-28)25(33)22-5-4-16-36-22/h4-9,16,19H,10-15,17-18H2,1-3H3. The van der Waals surface area contributed by atoms with Gasteiger partial charge < -0.3 is 19.0 Å². The summed E-state index contributed by atoms with van der Waals surface area (Å²) in [5, 5.41) is 0. The second-order valence-electron chi connectivity index (χ2n) is 9.85. The van der Waals surface area contributed by atoms with E-state index in [1.165, 1.54) is 11.2 Å². The SMILES string of the molecule is COc1ccc(C2(CC(=O)N3CCN(C(=O)c4ccco4)CC3)CC(=O)N(CCC(C)C)C2=O)cc1. The summed E-state index contributed by atoms with van der Waals surface area (Å²) < 4.78 is 10.5. The Labute approximate surface area is 211 Å². The first kappa shape index (κ1) is 25.5. The summed E-state index contributed by atoms with van der Waals surface area (Å²) in [6.07, 6.45) is 2.01. The van der Waals surface area contributed by atoms with Crippen molar-refractivity contribution in [3.63, 3.8) is 0 Å². The molecule has 0 saturated carbocycles. The largest absolute Gasteiger partial charge is 0.497 e. The summed E-state index contributed by atoms with van der Waals surface area (Å²) in [6.45, 7) is 5.87. The average Bonchev–Trinajstić information content (AvgIpc) is 3.50. The fraction of sp³-hybridized carbons (Fsp3) is 0.481. The molecule has 36 heavy (non-hydrogen) atoms. The maximum atomic E-state index is 13.7. The van der Waals surface area contributed by atoms with Crippen LogP contribution in [-0.4, -0.2) is 78.2 Å². The number of likely N-dealkylation sites (tertiary alicyclic amines) is 1. The van der Waals surface area contributed by atoms with E-state index in [1.807, 2.05) is 13.8 Å². The number of imide groups is 1. The van der Waals surface area contributed by atoms with E-state index in [2.05, 4.69) is 0 Å². The smallest absolute Gasteiger partial charge is 0.289 e. The van der Waals surface area contributed by atoms with E-state index in [9.17, 15) is 19.2 Å². The molecule has 0 bridgehead atoms. The molecule has 1 unspecified atom stereocenters. The van der Waals surface area contributed by atoms with Crippen LogP contribution in [0.15, 0.2) is 47.1 Å². The van der Waals surface area contributed by atoms with E-state index < -0.39 is 5.41 Å². The number of hydrogen-bond donors (Lipinski definition) is 0. The number of nitrogens with zero attached hydrogens (tertiary/aromatic N) is 3. The number of piperazine rings is 1.